The van der Waals surface area contributed by atoms with Crippen LogP contribution >= 0.6 is 11.8 Å². The Labute approximate surface area is 187 Å². The molecule has 0 aromatic heterocycles. The van der Waals surface area contributed by atoms with E-state index in [0.29, 0.717) is 17.4 Å². The quantitative estimate of drug-likeness (QED) is 0.655. The van der Waals surface area contributed by atoms with Crippen molar-refractivity contribution >= 4 is 40.5 Å². The Bertz CT molecular complexity index is 1010. The van der Waals surface area contributed by atoms with Gasteiger partial charge in [-0.2, -0.15) is 0 Å². The number of hydrogen-bond donors (Lipinski definition) is 1. The van der Waals surface area contributed by atoms with Gasteiger partial charge < -0.3 is 10.1 Å². The summed E-state index contributed by atoms with van der Waals surface area (Å²) in [4.78, 5) is 31.6. The van der Waals surface area contributed by atoms with Crippen LogP contribution in [-0.2, 0) is 9.59 Å². The number of amidine groups is 1. The van der Waals surface area contributed by atoms with Crippen LogP contribution in [0, 0.1) is 13.8 Å². The third-order valence-corrected chi connectivity index (χ3v) is 5.56. The summed E-state index contributed by atoms with van der Waals surface area (Å²) in [6.07, 6.45) is 2.63. The summed E-state index contributed by atoms with van der Waals surface area (Å²) in [5, 5.41) is 3.36. The molecule has 0 atom stereocenters. The van der Waals surface area contributed by atoms with Crippen molar-refractivity contribution in [3.63, 3.8) is 0 Å². The molecule has 162 valence electrons. The van der Waals surface area contributed by atoms with Crippen LogP contribution in [-0.4, -0.2) is 36.4 Å². The van der Waals surface area contributed by atoms with Gasteiger partial charge in [-0.05, 0) is 67.3 Å². The Kier molecular flexibility index (Phi) is 7.52. The highest BCUT2D eigenvalue weighted by Crippen LogP contribution is 2.31. The van der Waals surface area contributed by atoms with Crippen LogP contribution in [0.1, 0.15) is 30.0 Å². The fourth-order valence-electron chi connectivity index (χ4n) is 3.20. The second-order valence-corrected chi connectivity index (χ2v) is 8.26. The number of aryl methyl sites for hydroxylation is 2. The van der Waals surface area contributed by atoms with Gasteiger partial charge in [0.15, 0.2) is 5.17 Å². The average Bonchev–Trinajstić information content (AvgIpc) is 3.05. The molecule has 0 fully saturated rings. The van der Waals surface area contributed by atoms with E-state index in [-0.39, 0.29) is 17.6 Å². The molecule has 0 saturated carbocycles. The summed E-state index contributed by atoms with van der Waals surface area (Å²) < 4.78 is 5.19. The van der Waals surface area contributed by atoms with Crippen molar-refractivity contribution in [3.05, 3.63) is 64.9 Å². The number of nitrogens with zero attached hydrogens (tertiary/aromatic N) is 2. The SMILES string of the molecule is CCCNC(=O)CSC1=N/C(=C\c2ccc(OC)cc2)C(=O)N1c1cc(C)cc(C)c1. The molecule has 2 aromatic rings. The highest BCUT2D eigenvalue weighted by atomic mass is 32.2. The molecule has 31 heavy (non-hydrogen) atoms. The van der Waals surface area contributed by atoms with Gasteiger partial charge in [0.2, 0.25) is 5.91 Å². The number of anilines is 1. The molecule has 2 amide bonds. The second-order valence-electron chi connectivity index (χ2n) is 7.32. The number of carbonyl (C=O) groups is 2. The van der Waals surface area contributed by atoms with Crippen LogP contribution in [0.5, 0.6) is 5.75 Å². The van der Waals surface area contributed by atoms with Crippen molar-refractivity contribution in [1.82, 2.24) is 5.32 Å². The first-order valence-corrected chi connectivity index (χ1v) is 11.2. The number of hydrogen-bond acceptors (Lipinski definition) is 5. The third kappa shape index (κ3) is 5.76. The van der Waals surface area contributed by atoms with Gasteiger partial charge in [-0.1, -0.05) is 36.9 Å². The zero-order chi connectivity index (χ0) is 22.4. The number of benzene rings is 2. The Balaban J connectivity index is 1.91. The van der Waals surface area contributed by atoms with E-state index in [1.165, 1.54) is 11.8 Å². The maximum atomic E-state index is 13.3. The van der Waals surface area contributed by atoms with Crippen LogP contribution in [0.2, 0.25) is 0 Å². The molecule has 3 rings (SSSR count). The zero-order valence-corrected chi connectivity index (χ0v) is 19.1. The molecule has 0 aliphatic carbocycles. The minimum absolute atomic E-state index is 0.0741. The number of methoxy groups -OCH3 is 1. The first kappa shape index (κ1) is 22.6. The van der Waals surface area contributed by atoms with E-state index in [0.717, 1.165) is 34.5 Å². The van der Waals surface area contributed by atoms with Crippen molar-refractivity contribution in [1.29, 1.82) is 0 Å². The Hall–Kier alpha value is -3.06. The van der Waals surface area contributed by atoms with E-state index in [2.05, 4.69) is 16.4 Å². The normalized spacial score (nSPS) is 14.7. The number of ether oxygens (including phenoxy) is 1. The van der Waals surface area contributed by atoms with Crippen LogP contribution in [0.4, 0.5) is 5.69 Å². The van der Waals surface area contributed by atoms with Crippen molar-refractivity contribution in [3.8, 4) is 5.75 Å². The maximum Gasteiger partial charge on any atom is 0.283 e. The standard InChI is InChI=1S/C24H27N3O3S/c1-5-10-25-22(28)15-31-24-26-21(14-18-6-8-20(30-4)9-7-18)23(29)27(24)19-12-16(2)11-17(3)13-19/h6-9,11-14H,5,10,15H2,1-4H3,(H,25,28)/b21-14-. The number of carbonyl (C=O) groups excluding carboxylic acids is 2. The molecule has 2 aromatic carbocycles. The van der Waals surface area contributed by atoms with Gasteiger partial charge in [0, 0.05) is 6.54 Å². The van der Waals surface area contributed by atoms with E-state index in [1.807, 2.05) is 57.2 Å². The molecule has 6 nitrogen and oxygen atoms in total. The Morgan fingerprint density at radius 2 is 1.84 bits per heavy atom. The van der Waals surface area contributed by atoms with Crippen molar-refractivity contribution in [2.45, 2.75) is 27.2 Å². The lowest BCUT2D eigenvalue weighted by Gasteiger charge is -2.19. The molecular formula is C24H27N3O3S. The molecule has 0 unspecified atom stereocenters. The van der Waals surface area contributed by atoms with Gasteiger partial charge in [-0.25, -0.2) is 4.99 Å². The van der Waals surface area contributed by atoms with E-state index in [9.17, 15) is 9.59 Å². The average molecular weight is 438 g/mol. The smallest absolute Gasteiger partial charge is 0.283 e. The van der Waals surface area contributed by atoms with E-state index in [4.69, 9.17) is 4.74 Å². The predicted molar refractivity (Wildman–Crippen MR) is 128 cm³/mol. The second kappa shape index (κ2) is 10.3. The number of rotatable bonds is 7. The van der Waals surface area contributed by atoms with Gasteiger partial charge in [0.1, 0.15) is 11.4 Å². The summed E-state index contributed by atoms with van der Waals surface area (Å²) in [6, 6.07) is 13.4. The number of thioether (sulfide) groups is 1. The van der Waals surface area contributed by atoms with E-state index >= 15 is 0 Å². The van der Waals surface area contributed by atoms with Gasteiger partial charge in [0.05, 0.1) is 18.6 Å². The fourth-order valence-corrected chi connectivity index (χ4v) is 4.05. The zero-order valence-electron chi connectivity index (χ0n) is 18.3. The number of aliphatic imine (C=N–C) groups is 1. The third-order valence-electron chi connectivity index (χ3n) is 4.62. The van der Waals surface area contributed by atoms with Crippen LogP contribution < -0.4 is 15.0 Å². The molecule has 1 aliphatic heterocycles. The fraction of sp³-hybridized carbons (Fsp3) is 0.292. The van der Waals surface area contributed by atoms with Crippen molar-refractivity contribution in [2.24, 2.45) is 4.99 Å². The minimum atomic E-state index is -0.211. The molecule has 0 spiro atoms. The Morgan fingerprint density at radius 3 is 2.45 bits per heavy atom. The first-order chi connectivity index (χ1) is 14.9. The first-order valence-electron chi connectivity index (χ1n) is 10.2. The van der Waals surface area contributed by atoms with Gasteiger partial charge in [0.25, 0.3) is 5.91 Å². The number of nitrogens with one attached hydrogen (secondary N) is 1. The molecule has 7 heteroatoms. The van der Waals surface area contributed by atoms with Gasteiger partial charge in [-0.3, -0.25) is 14.5 Å². The predicted octanol–water partition coefficient (Wildman–Crippen LogP) is 4.32. The number of amides is 2. The van der Waals surface area contributed by atoms with Crippen molar-refractivity contribution in [2.75, 3.05) is 24.3 Å². The van der Waals surface area contributed by atoms with Crippen LogP contribution in [0.15, 0.2) is 53.2 Å². The van der Waals surface area contributed by atoms with Gasteiger partial charge in [-0.15, -0.1) is 0 Å². The molecular weight excluding hydrogens is 410 g/mol. The summed E-state index contributed by atoms with van der Waals surface area (Å²) >= 11 is 1.26. The summed E-state index contributed by atoms with van der Waals surface area (Å²) in [5.41, 5.74) is 4.04. The highest BCUT2D eigenvalue weighted by molar-refractivity contribution is 8.14. The topological polar surface area (TPSA) is 71.0 Å². The lowest BCUT2D eigenvalue weighted by molar-refractivity contribution is -0.118. The summed E-state index contributed by atoms with van der Waals surface area (Å²) in [6.45, 7) is 6.63. The largest absolute Gasteiger partial charge is 0.497 e. The maximum absolute atomic E-state index is 13.3. The lowest BCUT2D eigenvalue weighted by Crippen LogP contribution is -2.32. The Morgan fingerprint density at radius 1 is 1.16 bits per heavy atom. The van der Waals surface area contributed by atoms with Crippen molar-refractivity contribution < 1.29 is 14.3 Å². The van der Waals surface area contributed by atoms with Crippen LogP contribution in [0.3, 0.4) is 0 Å². The van der Waals surface area contributed by atoms with Crippen LogP contribution in [0.25, 0.3) is 6.08 Å². The van der Waals surface area contributed by atoms with E-state index in [1.54, 1.807) is 18.1 Å². The minimum Gasteiger partial charge on any atom is -0.497 e. The summed E-state index contributed by atoms with van der Waals surface area (Å²) in [5.74, 6) is 0.658. The monoisotopic (exact) mass is 437 g/mol. The molecule has 0 radical (unpaired) electrons. The van der Waals surface area contributed by atoms with E-state index < -0.39 is 0 Å². The molecule has 0 saturated heterocycles. The molecule has 1 N–H and O–H groups in total. The molecule has 1 aliphatic rings. The molecule has 0 bridgehead atoms. The van der Waals surface area contributed by atoms with Gasteiger partial charge >= 0.3 is 0 Å². The highest BCUT2D eigenvalue weighted by Gasteiger charge is 2.32. The summed E-state index contributed by atoms with van der Waals surface area (Å²) in [7, 11) is 1.61. The lowest BCUT2D eigenvalue weighted by atomic mass is 10.1. The molecule has 1 heterocycles.